The molecule has 0 amide bonds. The van der Waals surface area contributed by atoms with Crippen LogP contribution in [0.25, 0.3) is 0 Å². The van der Waals surface area contributed by atoms with Crippen molar-refractivity contribution in [2.75, 3.05) is 0 Å². The molecule has 154 valence electrons. The van der Waals surface area contributed by atoms with E-state index in [1.807, 2.05) is 0 Å². The zero-order chi connectivity index (χ0) is 19.0. The van der Waals surface area contributed by atoms with E-state index in [0.29, 0.717) is 41.1 Å². The van der Waals surface area contributed by atoms with Gasteiger partial charge in [-0.05, 0) is 85.9 Å². The number of hydrogen-bond acceptors (Lipinski definition) is 3. The van der Waals surface area contributed by atoms with Crippen LogP contribution in [-0.2, 0) is 4.74 Å². The standard InChI is InChI=1S/C24H40O3/c1-4-5-6-14(2)17-7-8-18-22-19(13-21-24(17,18)27-21)23(3)10-9-16(25)11-15(23)12-20(22)26/h14-22,25-26H,4-13H2,1-3H3. The van der Waals surface area contributed by atoms with Crippen molar-refractivity contribution >= 4 is 0 Å². The molecule has 1 spiro atoms. The van der Waals surface area contributed by atoms with Crippen molar-refractivity contribution < 1.29 is 14.9 Å². The van der Waals surface area contributed by atoms with Crippen LogP contribution < -0.4 is 0 Å². The maximum absolute atomic E-state index is 11.3. The van der Waals surface area contributed by atoms with Gasteiger partial charge in [-0.15, -0.1) is 0 Å². The lowest BCUT2D eigenvalue weighted by Crippen LogP contribution is -2.59. The average Bonchev–Trinajstić information content (AvgIpc) is 3.24. The van der Waals surface area contributed by atoms with Gasteiger partial charge in [0.15, 0.2) is 0 Å². The maximum atomic E-state index is 11.3. The van der Waals surface area contributed by atoms with Gasteiger partial charge in [0.25, 0.3) is 0 Å². The second-order valence-electron chi connectivity index (χ2n) is 11.2. The van der Waals surface area contributed by atoms with Crippen molar-refractivity contribution in [3.63, 3.8) is 0 Å². The first kappa shape index (κ1) is 18.9. The Balaban J connectivity index is 1.41. The molecule has 2 N–H and O–H groups in total. The Hall–Kier alpha value is -0.120. The Morgan fingerprint density at radius 2 is 1.89 bits per heavy atom. The minimum absolute atomic E-state index is 0.118. The largest absolute Gasteiger partial charge is 0.393 e. The number of epoxide rings is 1. The quantitative estimate of drug-likeness (QED) is 0.708. The minimum atomic E-state index is -0.185. The van der Waals surface area contributed by atoms with E-state index in [1.165, 1.54) is 32.1 Å². The van der Waals surface area contributed by atoms with E-state index in [0.717, 1.165) is 38.0 Å². The van der Waals surface area contributed by atoms with Gasteiger partial charge in [0.1, 0.15) is 5.60 Å². The van der Waals surface area contributed by atoms with Gasteiger partial charge in [0.2, 0.25) is 0 Å². The molecule has 4 saturated carbocycles. The van der Waals surface area contributed by atoms with E-state index in [4.69, 9.17) is 4.74 Å². The molecule has 3 nitrogen and oxygen atoms in total. The summed E-state index contributed by atoms with van der Waals surface area (Å²) in [6.45, 7) is 7.24. The molecule has 4 aliphatic carbocycles. The number of ether oxygens (including phenoxy) is 1. The normalized spacial score (nSPS) is 57.2. The highest BCUT2D eigenvalue weighted by molar-refractivity contribution is 5.23. The summed E-state index contributed by atoms with van der Waals surface area (Å²) in [5, 5.41) is 21.5. The molecular weight excluding hydrogens is 336 g/mol. The van der Waals surface area contributed by atoms with Crippen molar-refractivity contribution in [1.82, 2.24) is 0 Å². The molecule has 5 rings (SSSR count). The molecule has 0 aromatic rings. The van der Waals surface area contributed by atoms with Crippen molar-refractivity contribution in [2.24, 2.45) is 40.9 Å². The second kappa shape index (κ2) is 6.44. The number of unbranched alkanes of at least 4 members (excludes halogenated alkanes) is 1. The summed E-state index contributed by atoms with van der Waals surface area (Å²) in [5.41, 5.74) is 0.417. The number of aliphatic hydroxyl groups excluding tert-OH is 2. The first-order valence-corrected chi connectivity index (χ1v) is 12.0. The number of hydrogen-bond donors (Lipinski definition) is 2. The molecule has 3 heteroatoms. The fourth-order valence-corrected chi connectivity index (χ4v) is 8.74. The lowest BCUT2D eigenvalue weighted by molar-refractivity contribution is -0.150. The third-order valence-electron chi connectivity index (χ3n) is 10.2. The van der Waals surface area contributed by atoms with Gasteiger partial charge in [-0.25, -0.2) is 0 Å². The Morgan fingerprint density at radius 3 is 2.67 bits per heavy atom. The predicted octanol–water partition coefficient (Wildman–Crippen LogP) is 4.54. The molecule has 0 bridgehead atoms. The topological polar surface area (TPSA) is 53.0 Å². The monoisotopic (exact) mass is 376 g/mol. The van der Waals surface area contributed by atoms with Crippen LogP contribution in [-0.4, -0.2) is 34.1 Å². The minimum Gasteiger partial charge on any atom is -0.393 e. The smallest absolute Gasteiger partial charge is 0.101 e. The molecule has 5 fully saturated rings. The van der Waals surface area contributed by atoms with E-state index < -0.39 is 0 Å². The molecule has 11 atom stereocenters. The molecule has 0 aromatic heterocycles. The van der Waals surface area contributed by atoms with Crippen LogP contribution in [0.3, 0.4) is 0 Å². The zero-order valence-electron chi connectivity index (χ0n) is 17.6. The van der Waals surface area contributed by atoms with Gasteiger partial charge in [0.05, 0.1) is 18.3 Å². The first-order valence-electron chi connectivity index (χ1n) is 12.0. The van der Waals surface area contributed by atoms with Crippen LogP contribution in [0.5, 0.6) is 0 Å². The molecular formula is C24H40O3. The Bertz CT molecular complexity index is 578. The van der Waals surface area contributed by atoms with Crippen molar-refractivity contribution in [3.05, 3.63) is 0 Å². The predicted molar refractivity (Wildman–Crippen MR) is 106 cm³/mol. The summed E-state index contributed by atoms with van der Waals surface area (Å²) in [6.07, 6.45) is 11.7. The fraction of sp³-hybridized carbons (Fsp3) is 1.00. The number of rotatable bonds is 4. The van der Waals surface area contributed by atoms with Crippen LogP contribution in [0.15, 0.2) is 0 Å². The fourth-order valence-electron chi connectivity index (χ4n) is 8.74. The highest BCUT2D eigenvalue weighted by Crippen LogP contribution is 2.72. The summed E-state index contributed by atoms with van der Waals surface area (Å²) < 4.78 is 6.63. The van der Waals surface area contributed by atoms with Crippen LogP contribution in [0.4, 0.5) is 0 Å². The third-order valence-corrected chi connectivity index (χ3v) is 10.2. The van der Waals surface area contributed by atoms with E-state index >= 15 is 0 Å². The van der Waals surface area contributed by atoms with Crippen molar-refractivity contribution in [3.8, 4) is 0 Å². The number of aliphatic hydroxyl groups is 2. The molecule has 0 radical (unpaired) electrons. The van der Waals surface area contributed by atoms with Gasteiger partial charge in [-0.3, -0.25) is 0 Å². The van der Waals surface area contributed by atoms with Crippen molar-refractivity contribution in [2.45, 2.75) is 109 Å². The second-order valence-corrected chi connectivity index (χ2v) is 11.2. The first-order chi connectivity index (χ1) is 12.9. The Kier molecular flexibility index (Phi) is 4.50. The highest BCUT2D eigenvalue weighted by Gasteiger charge is 2.76. The van der Waals surface area contributed by atoms with Gasteiger partial charge in [0, 0.05) is 0 Å². The summed E-state index contributed by atoms with van der Waals surface area (Å²) in [7, 11) is 0. The zero-order valence-corrected chi connectivity index (χ0v) is 17.6. The van der Waals surface area contributed by atoms with E-state index in [9.17, 15) is 10.2 Å². The van der Waals surface area contributed by atoms with Crippen LogP contribution in [0, 0.1) is 40.9 Å². The average molecular weight is 377 g/mol. The van der Waals surface area contributed by atoms with Gasteiger partial charge < -0.3 is 14.9 Å². The summed E-state index contributed by atoms with van der Waals surface area (Å²) in [5.74, 6) is 3.56. The van der Waals surface area contributed by atoms with Crippen molar-refractivity contribution in [1.29, 1.82) is 0 Å². The van der Waals surface area contributed by atoms with Gasteiger partial charge in [-0.1, -0.05) is 40.0 Å². The molecule has 5 aliphatic rings. The summed E-state index contributed by atoms with van der Waals surface area (Å²) in [4.78, 5) is 0. The lowest BCUT2D eigenvalue weighted by Gasteiger charge is -2.59. The Labute approximate surface area is 165 Å². The van der Waals surface area contributed by atoms with Crippen LogP contribution >= 0.6 is 0 Å². The molecule has 0 aromatic carbocycles. The number of fused-ring (bicyclic) bond motifs is 4. The highest BCUT2D eigenvalue weighted by atomic mass is 16.6. The Morgan fingerprint density at radius 1 is 1.07 bits per heavy atom. The maximum Gasteiger partial charge on any atom is 0.101 e. The summed E-state index contributed by atoms with van der Waals surface area (Å²) >= 11 is 0. The molecule has 27 heavy (non-hydrogen) atoms. The van der Waals surface area contributed by atoms with Gasteiger partial charge >= 0.3 is 0 Å². The third kappa shape index (κ3) is 2.56. The SMILES string of the molecule is CCCCC(C)C1CCC2C3C(O)CC4CC(O)CCC4(C)C3CC3OC312. The molecule has 1 saturated heterocycles. The lowest BCUT2D eigenvalue weighted by atomic mass is 9.46. The van der Waals surface area contributed by atoms with Crippen LogP contribution in [0.2, 0.25) is 0 Å². The van der Waals surface area contributed by atoms with E-state index in [-0.39, 0.29) is 17.8 Å². The van der Waals surface area contributed by atoms with Gasteiger partial charge in [-0.2, -0.15) is 0 Å². The molecule has 1 aliphatic heterocycles. The van der Waals surface area contributed by atoms with E-state index in [2.05, 4.69) is 20.8 Å². The molecule has 11 unspecified atom stereocenters. The van der Waals surface area contributed by atoms with E-state index in [1.54, 1.807) is 0 Å². The van der Waals surface area contributed by atoms with Crippen LogP contribution in [0.1, 0.15) is 85.0 Å². The summed E-state index contributed by atoms with van der Waals surface area (Å²) in [6, 6.07) is 0. The molecule has 1 heterocycles.